The molecule has 0 N–H and O–H groups in total. The maximum atomic E-state index is 11.4. The fourth-order valence-corrected chi connectivity index (χ4v) is 1.41. The molecule has 0 aromatic heterocycles. The first-order valence-corrected chi connectivity index (χ1v) is 5.08. The molecule has 0 bridgehead atoms. The number of carbonyl (C=O) groups is 1. The van der Waals surface area contributed by atoms with Crippen LogP contribution in [-0.2, 0) is 4.74 Å². The minimum atomic E-state index is -0.382. The smallest absolute Gasteiger partial charge is 0.339 e. The Morgan fingerprint density at radius 2 is 2.13 bits per heavy atom. The number of nitrogens with zero attached hydrogens (tertiary/aromatic N) is 1. The van der Waals surface area contributed by atoms with Crippen LogP contribution in [0.5, 0.6) is 0 Å². The van der Waals surface area contributed by atoms with Gasteiger partial charge >= 0.3 is 5.97 Å². The standard InChI is InChI=1S/C11H14ClNO2/c1-4-15-11(14)9-6-5-8(13(2)3)7-10(9)12/h5-7H,4H2,1-3H3. The third kappa shape index (κ3) is 2.86. The van der Waals surface area contributed by atoms with Crippen LogP contribution in [0.2, 0.25) is 5.02 Å². The van der Waals surface area contributed by atoms with Crippen molar-refractivity contribution in [1.82, 2.24) is 0 Å². The molecule has 1 rings (SSSR count). The van der Waals surface area contributed by atoms with E-state index in [-0.39, 0.29) is 5.97 Å². The molecule has 0 spiro atoms. The Balaban J connectivity index is 2.98. The van der Waals surface area contributed by atoms with Gasteiger partial charge in [0, 0.05) is 19.8 Å². The van der Waals surface area contributed by atoms with E-state index >= 15 is 0 Å². The van der Waals surface area contributed by atoms with Gasteiger partial charge < -0.3 is 9.64 Å². The molecule has 3 nitrogen and oxygen atoms in total. The molecule has 0 aliphatic rings. The number of ether oxygens (including phenoxy) is 1. The number of hydrogen-bond acceptors (Lipinski definition) is 3. The molecule has 0 radical (unpaired) electrons. The Bertz CT molecular complexity index is 364. The second kappa shape index (κ2) is 5.03. The van der Waals surface area contributed by atoms with E-state index in [0.717, 1.165) is 5.69 Å². The van der Waals surface area contributed by atoms with Crippen LogP contribution in [-0.4, -0.2) is 26.7 Å². The summed E-state index contributed by atoms with van der Waals surface area (Å²) in [4.78, 5) is 13.3. The van der Waals surface area contributed by atoms with Gasteiger partial charge in [-0.15, -0.1) is 0 Å². The molecular formula is C11H14ClNO2. The number of rotatable bonds is 3. The summed E-state index contributed by atoms with van der Waals surface area (Å²) in [5, 5.41) is 0.416. The van der Waals surface area contributed by atoms with E-state index in [1.807, 2.05) is 25.1 Å². The van der Waals surface area contributed by atoms with Gasteiger partial charge in [-0.25, -0.2) is 4.79 Å². The van der Waals surface area contributed by atoms with Gasteiger partial charge in [0.15, 0.2) is 0 Å². The Kier molecular flexibility index (Phi) is 3.97. The summed E-state index contributed by atoms with van der Waals surface area (Å²) >= 11 is 5.98. The second-order valence-electron chi connectivity index (χ2n) is 3.28. The highest BCUT2D eigenvalue weighted by Crippen LogP contribution is 2.23. The average Bonchev–Trinajstić information content (AvgIpc) is 2.17. The normalized spacial score (nSPS) is 9.87. The number of carbonyl (C=O) groups excluding carboxylic acids is 1. The second-order valence-corrected chi connectivity index (χ2v) is 3.69. The van der Waals surface area contributed by atoms with Crippen molar-refractivity contribution >= 4 is 23.3 Å². The zero-order chi connectivity index (χ0) is 11.4. The number of benzene rings is 1. The van der Waals surface area contributed by atoms with Gasteiger partial charge in [-0.3, -0.25) is 0 Å². The van der Waals surface area contributed by atoms with Crippen molar-refractivity contribution in [1.29, 1.82) is 0 Å². The Hall–Kier alpha value is -1.22. The van der Waals surface area contributed by atoms with E-state index < -0.39 is 0 Å². The lowest BCUT2D eigenvalue weighted by molar-refractivity contribution is 0.0526. The minimum Gasteiger partial charge on any atom is -0.462 e. The van der Waals surface area contributed by atoms with Crippen LogP contribution in [0, 0.1) is 0 Å². The van der Waals surface area contributed by atoms with Crippen LogP contribution in [0.25, 0.3) is 0 Å². The van der Waals surface area contributed by atoms with Gasteiger partial charge in [-0.1, -0.05) is 11.6 Å². The van der Waals surface area contributed by atoms with Crippen LogP contribution in [0.4, 0.5) is 5.69 Å². The summed E-state index contributed by atoms with van der Waals surface area (Å²) in [7, 11) is 3.82. The highest BCUT2D eigenvalue weighted by atomic mass is 35.5. The van der Waals surface area contributed by atoms with Crippen LogP contribution in [0.1, 0.15) is 17.3 Å². The van der Waals surface area contributed by atoms with Crippen LogP contribution in [0.15, 0.2) is 18.2 Å². The first kappa shape index (κ1) is 11.9. The van der Waals surface area contributed by atoms with E-state index in [0.29, 0.717) is 17.2 Å². The lowest BCUT2D eigenvalue weighted by Crippen LogP contribution is -2.10. The number of esters is 1. The largest absolute Gasteiger partial charge is 0.462 e. The van der Waals surface area contributed by atoms with E-state index in [1.54, 1.807) is 19.1 Å². The Morgan fingerprint density at radius 3 is 2.60 bits per heavy atom. The zero-order valence-electron chi connectivity index (χ0n) is 9.08. The van der Waals surface area contributed by atoms with Gasteiger partial charge in [0.05, 0.1) is 17.2 Å². The van der Waals surface area contributed by atoms with E-state index in [1.165, 1.54) is 0 Å². The van der Waals surface area contributed by atoms with Crippen molar-refractivity contribution in [2.45, 2.75) is 6.92 Å². The molecule has 0 amide bonds. The highest BCUT2D eigenvalue weighted by molar-refractivity contribution is 6.33. The summed E-state index contributed by atoms with van der Waals surface area (Å²) in [5.74, 6) is -0.382. The van der Waals surface area contributed by atoms with Crippen molar-refractivity contribution in [3.63, 3.8) is 0 Å². The Morgan fingerprint density at radius 1 is 1.47 bits per heavy atom. The monoisotopic (exact) mass is 227 g/mol. The first-order chi connectivity index (χ1) is 7.06. The molecule has 1 aromatic carbocycles. The van der Waals surface area contributed by atoms with Gasteiger partial charge in [0.25, 0.3) is 0 Å². The minimum absolute atomic E-state index is 0.352. The fourth-order valence-electron chi connectivity index (χ4n) is 1.16. The molecular weight excluding hydrogens is 214 g/mol. The van der Waals surface area contributed by atoms with E-state index in [4.69, 9.17) is 16.3 Å². The molecule has 15 heavy (non-hydrogen) atoms. The summed E-state index contributed by atoms with van der Waals surface area (Å²) < 4.78 is 4.87. The molecule has 0 saturated heterocycles. The molecule has 0 unspecified atom stereocenters. The molecule has 0 saturated carbocycles. The lowest BCUT2D eigenvalue weighted by Gasteiger charge is -2.13. The Labute approximate surface area is 94.6 Å². The molecule has 0 heterocycles. The van der Waals surface area contributed by atoms with Crippen molar-refractivity contribution in [2.75, 3.05) is 25.6 Å². The maximum Gasteiger partial charge on any atom is 0.339 e. The third-order valence-corrected chi connectivity index (χ3v) is 2.28. The molecule has 0 aliphatic carbocycles. The zero-order valence-corrected chi connectivity index (χ0v) is 9.84. The van der Waals surface area contributed by atoms with Crippen LogP contribution < -0.4 is 4.90 Å². The molecule has 82 valence electrons. The van der Waals surface area contributed by atoms with Gasteiger partial charge in [-0.2, -0.15) is 0 Å². The predicted molar refractivity (Wildman–Crippen MR) is 61.7 cm³/mol. The summed E-state index contributed by atoms with van der Waals surface area (Å²) in [5.41, 5.74) is 1.36. The number of halogens is 1. The van der Waals surface area contributed by atoms with Crippen LogP contribution >= 0.6 is 11.6 Å². The van der Waals surface area contributed by atoms with Crippen molar-refractivity contribution < 1.29 is 9.53 Å². The molecule has 0 fully saturated rings. The van der Waals surface area contributed by atoms with E-state index in [2.05, 4.69) is 0 Å². The average molecular weight is 228 g/mol. The fraction of sp³-hybridized carbons (Fsp3) is 0.364. The number of hydrogen-bond donors (Lipinski definition) is 0. The highest BCUT2D eigenvalue weighted by Gasteiger charge is 2.11. The predicted octanol–water partition coefficient (Wildman–Crippen LogP) is 2.58. The maximum absolute atomic E-state index is 11.4. The molecule has 4 heteroatoms. The van der Waals surface area contributed by atoms with Crippen molar-refractivity contribution in [3.05, 3.63) is 28.8 Å². The quantitative estimate of drug-likeness (QED) is 0.744. The summed E-state index contributed by atoms with van der Waals surface area (Å²) in [6.07, 6.45) is 0. The lowest BCUT2D eigenvalue weighted by atomic mass is 10.2. The topological polar surface area (TPSA) is 29.5 Å². The van der Waals surface area contributed by atoms with Gasteiger partial charge in [0.2, 0.25) is 0 Å². The molecule has 0 atom stereocenters. The SMILES string of the molecule is CCOC(=O)c1ccc(N(C)C)cc1Cl. The molecule has 0 aliphatic heterocycles. The summed E-state index contributed by atoms with van der Waals surface area (Å²) in [6, 6.07) is 5.25. The van der Waals surface area contributed by atoms with E-state index in [9.17, 15) is 4.79 Å². The first-order valence-electron chi connectivity index (χ1n) is 4.70. The van der Waals surface area contributed by atoms with Crippen molar-refractivity contribution in [3.8, 4) is 0 Å². The van der Waals surface area contributed by atoms with Gasteiger partial charge in [-0.05, 0) is 25.1 Å². The number of anilines is 1. The molecule has 1 aromatic rings. The van der Waals surface area contributed by atoms with Gasteiger partial charge in [0.1, 0.15) is 0 Å². The van der Waals surface area contributed by atoms with Crippen molar-refractivity contribution in [2.24, 2.45) is 0 Å². The summed E-state index contributed by atoms with van der Waals surface area (Å²) in [6.45, 7) is 2.12. The van der Waals surface area contributed by atoms with Crippen LogP contribution in [0.3, 0.4) is 0 Å². The third-order valence-electron chi connectivity index (χ3n) is 1.96.